The zero-order valence-electron chi connectivity index (χ0n) is 13.9. The van der Waals surface area contributed by atoms with Crippen molar-refractivity contribution in [1.29, 1.82) is 0 Å². The topological polar surface area (TPSA) is 15.3 Å². The molecule has 2 aliphatic carbocycles. The third-order valence-corrected chi connectivity index (χ3v) is 6.59. The second-order valence-electron chi connectivity index (χ2n) is 7.96. The zero-order valence-corrected chi connectivity index (χ0v) is 13.9. The Morgan fingerprint density at radius 3 is 2.76 bits per heavy atom. The van der Waals surface area contributed by atoms with Crippen LogP contribution in [0.1, 0.15) is 39.0 Å². The van der Waals surface area contributed by atoms with Gasteiger partial charge in [0.15, 0.2) is 0 Å². The van der Waals surface area contributed by atoms with Crippen LogP contribution in [0.25, 0.3) is 0 Å². The number of nitrogens with zero attached hydrogens (tertiary/aromatic N) is 1. The van der Waals surface area contributed by atoms with Crippen molar-refractivity contribution in [3.63, 3.8) is 0 Å². The van der Waals surface area contributed by atoms with E-state index in [1.54, 1.807) is 0 Å². The van der Waals surface area contributed by atoms with Gasteiger partial charge in [0.05, 0.1) is 0 Å². The summed E-state index contributed by atoms with van der Waals surface area (Å²) >= 11 is 0. The molecule has 0 aromatic carbocycles. The Labute approximate surface area is 130 Å². The number of piperidine rings is 1. The van der Waals surface area contributed by atoms with Crippen LogP contribution < -0.4 is 5.32 Å². The highest BCUT2D eigenvalue weighted by Gasteiger charge is 2.54. The van der Waals surface area contributed by atoms with E-state index in [0.717, 1.165) is 42.7 Å². The van der Waals surface area contributed by atoms with Gasteiger partial charge in [0.25, 0.3) is 0 Å². The second-order valence-corrected chi connectivity index (χ2v) is 7.96. The highest BCUT2D eigenvalue weighted by atomic mass is 15.2. The Morgan fingerprint density at radius 2 is 2.05 bits per heavy atom. The number of rotatable bonds is 5. The summed E-state index contributed by atoms with van der Waals surface area (Å²) in [5, 5.41) is 3.86. The van der Waals surface area contributed by atoms with Crippen LogP contribution in [0.4, 0.5) is 0 Å². The van der Waals surface area contributed by atoms with E-state index in [1.165, 1.54) is 32.2 Å². The molecule has 0 amide bonds. The number of hydrogen-bond donors (Lipinski definition) is 1. The summed E-state index contributed by atoms with van der Waals surface area (Å²) in [7, 11) is 2.36. The first-order valence-electron chi connectivity index (χ1n) is 8.76. The number of hydrogen-bond acceptors (Lipinski definition) is 2. The van der Waals surface area contributed by atoms with Crippen LogP contribution in [0.3, 0.4) is 0 Å². The van der Waals surface area contributed by atoms with E-state index in [-0.39, 0.29) is 5.54 Å². The molecule has 3 fully saturated rings. The predicted octanol–water partition coefficient (Wildman–Crippen LogP) is 3.46. The first-order chi connectivity index (χ1) is 10.1. The third kappa shape index (κ3) is 2.61. The number of fused-ring (bicyclic) bond motifs is 1. The average Bonchev–Trinajstić information content (AvgIpc) is 2.45. The van der Waals surface area contributed by atoms with Crippen LogP contribution in [0, 0.1) is 23.7 Å². The Bertz CT molecular complexity index is 404. The highest BCUT2D eigenvalue weighted by molar-refractivity contribution is 5.11. The van der Waals surface area contributed by atoms with Crippen molar-refractivity contribution in [3.8, 4) is 0 Å². The number of nitrogens with one attached hydrogen (secondary N) is 1. The molecule has 1 saturated heterocycles. The van der Waals surface area contributed by atoms with Crippen molar-refractivity contribution < 1.29 is 0 Å². The Kier molecular flexibility index (Phi) is 4.29. The summed E-state index contributed by atoms with van der Waals surface area (Å²) in [6.45, 7) is 12.6. The minimum absolute atomic E-state index is 0.257. The molecule has 2 nitrogen and oxygen atoms in total. The maximum absolute atomic E-state index is 4.05. The molecule has 21 heavy (non-hydrogen) atoms. The van der Waals surface area contributed by atoms with E-state index in [0.29, 0.717) is 0 Å². The molecule has 0 spiro atoms. The predicted molar refractivity (Wildman–Crippen MR) is 90.3 cm³/mol. The molecule has 1 aliphatic heterocycles. The van der Waals surface area contributed by atoms with E-state index >= 15 is 0 Å². The highest BCUT2D eigenvalue weighted by Crippen LogP contribution is 2.53. The third-order valence-electron chi connectivity index (χ3n) is 6.59. The van der Waals surface area contributed by atoms with E-state index in [4.69, 9.17) is 0 Å². The number of likely N-dealkylation sites (tertiary alicyclic amines) is 1. The van der Waals surface area contributed by atoms with Gasteiger partial charge in [-0.2, -0.15) is 0 Å². The molecule has 0 aromatic heterocycles. The minimum Gasteiger partial charge on any atom is -0.307 e. The van der Waals surface area contributed by atoms with Gasteiger partial charge in [-0.05, 0) is 62.8 Å². The first kappa shape index (κ1) is 15.3. The van der Waals surface area contributed by atoms with Gasteiger partial charge in [0, 0.05) is 24.7 Å². The van der Waals surface area contributed by atoms with Gasteiger partial charge in [0.1, 0.15) is 0 Å². The molecule has 1 heterocycles. The molecule has 2 heteroatoms. The molecule has 6 atom stereocenters. The van der Waals surface area contributed by atoms with Crippen molar-refractivity contribution in [2.45, 2.75) is 50.6 Å². The Morgan fingerprint density at radius 1 is 1.24 bits per heavy atom. The van der Waals surface area contributed by atoms with Crippen molar-refractivity contribution in [2.75, 3.05) is 20.1 Å². The summed E-state index contributed by atoms with van der Waals surface area (Å²) in [5.74, 6) is 3.49. The van der Waals surface area contributed by atoms with Crippen LogP contribution in [-0.4, -0.2) is 36.6 Å². The second kappa shape index (κ2) is 5.89. The summed E-state index contributed by atoms with van der Waals surface area (Å²) in [6.07, 6.45) is 10.8. The average molecular weight is 288 g/mol. The minimum atomic E-state index is 0.257. The van der Waals surface area contributed by atoms with Crippen LogP contribution in [0.15, 0.2) is 25.3 Å². The van der Waals surface area contributed by atoms with Gasteiger partial charge < -0.3 is 10.2 Å². The van der Waals surface area contributed by atoms with Crippen molar-refractivity contribution in [1.82, 2.24) is 10.2 Å². The molecule has 2 bridgehead atoms. The molecular formula is C19H32N2. The maximum Gasteiger partial charge on any atom is 0.0261 e. The Hall–Kier alpha value is -0.600. The fraction of sp³-hybridized carbons (Fsp3) is 0.789. The summed E-state index contributed by atoms with van der Waals surface area (Å²) < 4.78 is 0. The largest absolute Gasteiger partial charge is 0.307 e. The van der Waals surface area contributed by atoms with Crippen molar-refractivity contribution >= 4 is 0 Å². The van der Waals surface area contributed by atoms with Gasteiger partial charge in [-0.3, -0.25) is 0 Å². The van der Waals surface area contributed by atoms with Gasteiger partial charge in [-0.1, -0.05) is 19.1 Å². The molecule has 118 valence electrons. The van der Waals surface area contributed by atoms with Crippen molar-refractivity contribution in [2.24, 2.45) is 23.7 Å². The summed E-state index contributed by atoms with van der Waals surface area (Å²) in [6, 6.07) is 0.844. The molecule has 3 rings (SSSR count). The lowest BCUT2D eigenvalue weighted by Crippen LogP contribution is -2.66. The lowest BCUT2D eigenvalue weighted by Gasteiger charge is -2.61. The zero-order chi connectivity index (χ0) is 15.0. The van der Waals surface area contributed by atoms with Gasteiger partial charge >= 0.3 is 0 Å². The van der Waals surface area contributed by atoms with Gasteiger partial charge in [-0.25, -0.2) is 0 Å². The van der Waals surface area contributed by atoms with Crippen LogP contribution in [-0.2, 0) is 0 Å². The fourth-order valence-electron chi connectivity index (χ4n) is 5.77. The van der Waals surface area contributed by atoms with Crippen LogP contribution >= 0.6 is 0 Å². The smallest absolute Gasteiger partial charge is 0.0261 e. The lowest BCUT2D eigenvalue weighted by atomic mass is 9.54. The van der Waals surface area contributed by atoms with Gasteiger partial charge in [0.2, 0.25) is 0 Å². The SMILES string of the molecule is C=CCN[C@@]1(CC=C)C[C@H]2C[C@H](C)C[C@@H]3[C@H]2C[C@H]1CN3C. The van der Waals surface area contributed by atoms with Crippen LogP contribution in [0.2, 0.25) is 0 Å². The maximum atomic E-state index is 4.05. The lowest BCUT2D eigenvalue weighted by molar-refractivity contribution is -0.0810. The van der Waals surface area contributed by atoms with E-state index in [2.05, 4.69) is 43.4 Å². The van der Waals surface area contributed by atoms with E-state index in [9.17, 15) is 0 Å². The van der Waals surface area contributed by atoms with Gasteiger partial charge in [-0.15, -0.1) is 13.2 Å². The molecule has 2 saturated carbocycles. The Balaban J connectivity index is 1.89. The standard InChI is InChI=1S/C19H32N2/c1-5-7-19(20-8-6-2)12-15-9-14(3)10-18-17(15)11-16(19)13-21(18)4/h5-6,14-18,20H,1-2,7-13H2,3-4H3/t14-,15+,16-,17-,18+,19-/m0/s1. The quantitative estimate of drug-likeness (QED) is 0.779. The monoisotopic (exact) mass is 288 g/mol. The van der Waals surface area contributed by atoms with E-state index in [1.807, 2.05) is 6.08 Å². The molecule has 1 N–H and O–H groups in total. The normalized spacial score (nSPS) is 46.1. The van der Waals surface area contributed by atoms with E-state index < -0.39 is 0 Å². The van der Waals surface area contributed by atoms with Crippen LogP contribution in [0.5, 0.6) is 0 Å². The molecule has 0 unspecified atom stereocenters. The fourth-order valence-corrected chi connectivity index (χ4v) is 5.77. The molecule has 3 aliphatic rings. The molecular weight excluding hydrogens is 256 g/mol. The summed E-state index contributed by atoms with van der Waals surface area (Å²) in [5.41, 5.74) is 0.257. The molecule has 0 radical (unpaired) electrons. The molecule has 0 aromatic rings. The summed E-state index contributed by atoms with van der Waals surface area (Å²) in [4.78, 5) is 2.67. The first-order valence-corrected chi connectivity index (χ1v) is 8.76. The van der Waals surface area contributed by atoms with Crippen molar-refractivity contribution in [3.05, 3.63) is 25.3 Å².